The van der Waals surface area contributed by atoms with Crippen molar-refractivity contribution in [3.8, 4) is 0 Å². The number of nitrogens with two attached hydrogens (primary N) is 1. The number of nitrogens with zero attached hydrogens (tertiary/aromatic N) is 1. The Balaban J connectivity index is 1.50. The van der Waals surface area contributed by atoms with Crippen molar-refractivity contribution in [2.75, 3.05) is 0 Å². The van der Waals surface area contributed by atoms with Crippen molar-refractivity contribution in [2.24, 2.45) is 35.3 Å². The van der Waals surface area contributed by atoms with Crippen molar-refractivity contribution in [1.29, 1.82) is 0 Å². The van der Waals surface area contributed by atoms with Gasteiger partial charge in [-0.05, 0) is 61.7 Å². The first-order chi connectivity index (χ1) is 8.79. The van der Waals surface area contributed by atoms with Crippen LogP contribution in [0.1, 0.15) is 37.1 Å². The molecule has 98 valence electrons. The highest BCUT2D eigenvalue weighted by molar-refractivity contribution is 7.09. The Morgan fingerprint density at radius 2 is 1.83 bits per heavy atom. The molecule has 1 atom stereocenters. The molecule has 4 aliphatic carbocycles. The van der Waals surface area contributed by atoms with Gasteiger partial charge < -0.3 is 5.73 Å². The molecule has 2 nitrogen and oxygen atoms in total. The molecule has 4 saturated carbocycles. The normalized spacial score (nSPS) is 43.3. The Bertz CT molecular complexity index is 386. The second-order valence-electron chi connectivity index (χ2n) is 6.80. The summed E-state index contributed by atoms with van der Waals surface area (Å²) in [5.74, 6) is 4.78. The van der Waals surface area contributed by atoms with Crippen LogP contribution >= 0.6 is 11.3 Å². The third-order valence-corrected chi connectivity index (χ3v) is 6.49. The molecule has 0 saturated heterocycles. The summed E-state index contributed by atoms with van der Waals surface area (Å²) in [6.45, 7) is 0. The van der Waals surface area contributed by atoms with Gasteiger partial charge in [-0.3, -0.25) is 0 Å². The van der Waals surface area contributed by atoms with Crippen LogP contribution in [0.15, 0.2) is 11.6 Å². The standard InChI is InChI=1S/C15H22N2S/c16-13(8-14-17-1-2-18-14)15-11-4-9-3-10(6-11)7-12(15)5-9/h1-2,9-13,15H,3-8,16H2. The van der Waals surface area contributed by atoms with Gasteiger partial charge >= 0.3 is 0 Å². The molecular weight excluding hydrogens is 240 g/mol. The van der Waals surface area contributed by atoms with Gasteiger partial charge in [-0.1, -0.05) is 0 Å². The number of rotatable bonds is 3. The summed E-state index contributed by atoms with van der Waals surface area (Å²) in [7, 11) is 0. The van der Waals surface area contributed by atoms with Gasteiger partial charge in [-0.2, -0.15) is 0 Å². The Morgan fingerprint density at radius 3 is 2.39 bits per heavy atom. The number of thiazole rings is 1. The van der Waals surface area contributed by atoms with Crippen molar-refractivity contribution >= 4 is 11.3 Å². The van der Waals surface area contributed by atoms with Crippen LogP contribution in [0.25, 0.3) is 0 Å². The number of hydrogen-bond acceptors (Lipinski definition) is 3. The lowest BCUT2D eigenvalue weighted by atomic mass is 9.50. The fraction of sp³-hybridized carbons (Fsp3) is 0.800. The zero-order valence-electron chi connectivity index (χ0n) is 10.8. The molecule has 0 radical (unpaired) electrons. The highest BCUT2D eigenvalue weighted by Gasteiger charge is 2.49. The van der Waals surface area contributed by atoms with E-state index in [2.05, 4.69) is 10.4 Å². The first-order valence-corrected chi connectivity index (χ1v) is 8.31. The minimum Gasteiger partial charge on any atom is -0.327 e. The third kappa shape index (κ3) is 1.83. The predicted molar refractivity (Wildman–Crippen MR) is 74.3 cm³/mol. The summed E-state index contributed by atoms with van der Waals surface area (Å²) < 4.78 is 0. The molecular formula is C15H22N2S. The molecule has 4 aliphatic rings. The maximum atomic E-state index is 6.56. The van der Waals surface area contributed by atoms with Crippen LogP contribution < -0.4 is 5.73 Å². The zero-order valence-corrected chi connectivity index (χ0v) is 11.6. The van der Waals surface area contributed by atoms with Crippen molar-refractivity contribution in [1.82, 2.24) is 4.98 Å². The molecule has 4 bridgehead atoms. The van der Waals surface area contributed by atoms with Gasteiger partial charge in [0.2, 0.25) is 0 Å². The molecule has 18 heavy (non-hydrogen) atoms. The van der Waals surface area contributed by atoms with Gasteiger partial charge in [0.25, 0.3) is 0 Å². The lowest BCUT2D eigenvalue weighted by molar-refractivity contribution is -0.0464. The monoisotopic (exact) mass is 262 g/mol. The molecule has 1 aromatic rings. The van der Waals surface area contributed by atoms with E-state index in [1.54, 1.807) is 11.3 Å². The number of aromatic nitrogens is 1. The second-order valence-corrected chi connectivity index (χ2v) is 7.78. The van der Waals surface area contributed by atoms with Crippen molar-refractivity contribution in [3.63, 3.8) is 0 Å². The van der Waals surface area contributed by atoms with Crippen LogP contribution in [0.3, 0.4) is 0 Å². The van der Waals surface area contributed by atoms with Gasteiger partial charge in [-0.25, -0.2) is 4.98 Å². The van der Waals surface area contributed by atoms with Crippen LogP contribution in [0.5, 0.6) is 0 Å². The molecule has 0 spiro atoms. The lowest BCUT2D eigenvalue weighted by Crippen LogP contribution is -2.52. The highest BCUT2D eigenvalue weighted by Crippen LogP contribution is 2.57. The molecule has 1 heterocycles. The quantitative estimate of drug-likeness (QED) is 0.909. The topological polar surface area (TPSA) is 38.9 Å². The van der Waals surface area contributed by atoms with Gasteiger partial charge in [0.05, 0.1) is 5.01 Å². The Morgan fingerprint density at radius 1 is 1.17 bits per heavy atom. The maximum Gasteiger partial charge on any atom is 0.0940 e. The molecule has 1 unspecified atom stereocenters. The summed E-state index contributed by atoms with van der Waals surface area (Å²) in [5, 5.41) is 3.30. The van der Waals surface area contributed by atoms with E-state index < -0.39 is 0 Å². The van der Waals surface area contributed by atoms with E-state index in [-0.39, 0.29) is 0 Å². The van der Waals surface area contributed by atoms with E-state index in [4.69, 9.17) is 5.73 Å². The largest absolute Gasteiger partial charge is 0.327 e. The Kier molecular flexibility index (Phi) is 2.73. The highest BCUT2D eigenvalue weighted by atomic mass is 32.1. The first kappa shape index (κ1) is 11.4. The van der Waals surface area contributed by atoms with Crippen LogP contribution in [-0.4, -0.2) is 11.0 Å². The Labute approximate surface area is 113 Å². The average Bonchev–Trinajstić information content (AvgIpc) is 2.80. The zero-order chi connectivity index (χ0) is 12.1. The SMILES string of the molecule is NC(Cc1nccs1)C1C2CC3CC(C2)CC1C3. The van der Waals surface area contributed by atoms with Crippen molar-refractivity contribution in [2.45, 2.75) is 44.6 Å². The van der Waals surface area contributed by atoms with E-state index in [0.29, 0.717) is 6.04 Å². The van der Waals surface area contributed by atoms with Gasteiger partial charge in [0.1, 0.15) is 0 Å². The second kappa shape index (κ2) is 4.31. The predicted octanol–water partition coefficient (Wildman–Crippen LogP) is 3.09. The minimum atomic E-state index is 0.353. The van der Waals surface area contributed by atoms with Gasteiger partial charge in [0, 0.05) is 24.0 Å². The third-order valence-electron chi connectivity index (χ3n) is 5.69. The molecule has 5 rings (SSSR count). The molecule has 2 N–H and O–H groups in total. The molecule has 0 aliphatic heterocycles. The molecule has 0 aromatic carbocycles. The smallest absolute Gasteiger partial charge is 0.0940 e. The van der Waals surface area contributed by atoms with Gasteiger partial charge in [0.15, 0.2) is 0 Å². The number of hydrogen-bond donors (Lipinski definition) is 1. The summed E-state index contributed by atoms with van der Waals surface area (Å²) in [4.78, 5) is 4.41. The Hall–Kier alpha value is -0.410. The van der Waals surface area contributed by atoms with Crippen LogP contribution in [-0.2, 0) is 6.42 Å². The molecule has 4 fully saturated rings. The van der Waals surface area contributed by atoms with Crippen LogP contribution in [0, 0.1) is 29.6 Å². The molecule has 1 aromatic heterocycles. The van der Waals surface area contributed by atoms with Crippen LogP contribution in [0.2, 0.25) is 0 Å². The summed E-state index contributed by atoms with van der Waals surface area (Å²) >= 11 is 1.76. The van der Waals surface area contributed by atoms with E-state index in [1.165, 1.54) is 37.1 Å². The molecule has 0 amide bonds. The average molecular weight is 262 g/mol. The first-order valence-electron chi connectivity index (χ1n) is 7.43. The maximum absolute atomic E-state index is 6.56. The van der Waals surface area contributed by atoms with E-state index >= 15 is 0 Å². The summed E-state index contributed by atoms with van der Waals surface area (Å²) in [6, 6.07) is 0.353. The van der Waals surface area contributed by atoms with Crippen molar-refractivity contribution in [3.05, 3.63) is 16.6 Å². The van der Waals surface area contributed by atoms with Crippen LogP contribution in [0.4, 0.5) is 0 Å². The van der Waals surface area contributed by atoms with E-state index in [1.807, 2.05) is 6.20 Å². The fourth-order valence-corrected chi connectivity index (χ4v) is 6.05. The minimum absolute atomic E-state index is 0.353. The van der Waals surface area contributed by atoms with Gasteiger partial charge in [-0.15, -0.1) is 11.3 Å². The molecule has 3 heteroatoms. The van der Waals surface area contributed by atoms with E-state index in [0.717, 1.165) is 36.0 Å². The van der Waals surface area contributed by atoms with Crippen molar-refractivity contribution < 1.29 is 0 Å². The van der Waals surface area contributed by atoms with E-state index in [9.17, 15) is 0 Å². The lowest BCUT2D eigenvalue weighted by Gasteiger charge is -2.56. The summed E-state index contributed by atoms with van der Waals surface area (Å²) in [6.07, 6.45) is 10.3. The summed E-state index contributed by atoms with van der Waals surface area (Å²) in [5.41, 5.74) is 6.56. The fourth-order valence-electron chi connectivity index (χ4n) is 5.36.